The lowest BCUT2D eigenvalue weighted by Crippen LogP contribution is -2.09. The van der Waals surface area contributed by atoms with Crippen LogP contribution in [0.2, 0.25) is 0 Å². The van der Waals surface area contributed by atoms with Crippen molar-refractivity contribution in [3.05, 3.63) is 47.5 Å². The van der Waals surface area contributed by atoms with Crippen molar-refractivity contribution in [2.24, 2.45) is 7.05 Å². The molecule has 0 aliphatic rings. The summed E-state index contributed by atoms with van der Waals surface area (Å²) in [4.78, 5) is 4.28. The summed E-state index contributed by atoms with van der Waals surface area (Å²) in [6.07, 6.45) is 2.52. The fraction of sp³-hybridized carbons (Fsp3) is 0.385. The minimum Gasteiger partial charge on any atom is -0.253 e. The molecule has 0 radical (unpaired) electrons. The first-order chi connectivity index (χ1) is 8.20. The Balaban J connectivity index is 2.20. The zero-order chi connectivity index (χ0) is 12.3. The molecule has 0 bridgehead atoms. The summed E-state index contributed by atoms with van der Waals surface area (Å²) in [5, 5.41) is 5.04. The van der Waals surface area contributed by atoms with Gasteiger partial charge in [0.25, 0.3) is 0 Å². The molecule has 1 heterocycles. The van der Waals surface area contributed by atoms with Crippen LogP contribution in [-0.4, -0.2) is 20.1 Å². The topological polar surface area (TPSA) is 30.7 Å². The van der Waals surface area contributed by atoms with Gasteiger partial charge in [0.2, 0.25) is 0 Å². The number of halogens is 1. The van der Waals surface area contributed by atoms with Crippen LogP contribution in [0.1, 0.15) is 22.9 Å². The summed E-state index contributed by atoms with van der Waals surface area (Å²) in [6, 6.07) is 8.64. The molecule has 17 heavy (non-hydrogen) atoms. The highest BCUT2D eigenvalue weighted by Gasteiger charge is 2.14. The molecule has 1 unspecified atom stereocenters. The number of benzene rings is 1. The molecule has 0 N–H and O–H groups in total. The van der Waals surface area contributed by atoms with Crippen LogP contribution in [0, 0.1) is 6.92 Å². The van der Waals surface area contributed by atoms with Crippen molar-refractivity contribution >= 4 is 15.9 Å². The van der Waals surface area contributed by atoms with E-state index in [-0.39, 0.29) is 0 Å². The van der Waals surface area contributed by atoms with Gasteiger partial charge in [-0.25, -0.2) is 4.98 Å². The predicted octanol–water partition coefficient (Wildman–Crippen LogP) is 2.84. The predicted molar refractivity (Wildman–Crippen MR) is 72.4 cm³/mol. The number of hydrogen-bond acceptors (Lipinski definition) is 2. The van der Waals surface area contributed by atoms with Crippen molar-refractivity contribution in [3.63, 3.8) is 0 Å². The Bertz CT molecular complexity index is 493. The summed E-state index contributed by atoms with van der Waals surface area (Å²) in [7, 11) is 1.93. The molecule has 0 fully saturated rings. The highest BCUT2D eigenvalue weighted by Crippen LogP contribution is 2.22. The first-order valence-corrected chi connectivity index (χ1v) is 6.78. The van der Waals surface area contributed by atoms with Crippen LogP contribution in [0.5, 0.6) is 0 Å². The maximum atomic E-state index is 4.28. The lowest BCUT2D eigenvalue weighted by molar-refractivity contribution is 0.651. The summed E-state index contributed by atoms with van der Waals surface area (Å²) in [5.74, 6) is 1.47. The van der Waals surface area contributed by atoms with Gasteiger partial charge < -0.3 is 0 Å². The van der Waals surface area contributed by atoms with E-state index in [1.165, 1.54) is 11.1 Å². The van der Waals surface area contributed by atoms with Crippen LogP contribution in [0.3, 0.4) is 0 Å². The van der Waals surface area contributed by atoms with E-state index < -0.39 is 0 Å². The maximum absolute atomic E-state index is 4.28. The van der Waals surface area contributed by atoms with Crippen molar-refractivity contribution in [3.8, 4) is 0 Å². The van der Waals surface area contributed by atoms with Gasteiger partial charge >= 0.3 is 0 Å². The second-order valence-corrected chi connectivity index (χ2v) is 4.92. The van der Waals surface area contributed by atoms with E-state index in [1.54, 1.807) is 6.33 Å². The van der Waals surface area contributed by atoms with Gasteiger partial charge in [-0.2, -0.15) is 5.10 Å². The van der Waals surface area contributed by atoms with Crippen LogP contribution >= 0.6 is 15.9 Å². The van der Waals surface area contributed by atoms with Crippen molar-refractivity contribution < 1.29 is 0 Å². The van der Waals surface area contributed by atoms with Gasteiger partial charge in [0.1, 0.15) is 12.2 Å². The average molecular weight is 294 g/mol. The van der Waals surface area contributed by atoms with E-state index in [0.717, 1.165) is 17.6 Å². The number of hydrogen-bond donors (Lipinski definition) is 0. The minimum atomic E-state index is 0.442. The molecule has 90 valence electrons. The summed E-state index contributed by atoms with van der Waals surface area (Å²) in [5.41, 5.74) is 2.65. The van der Waals surface area contributed by atoms with Gasteiger partial charge in [-0.05, 0) is 12.5 Å². The van der Waals surface area contributed by atoms with Crippen molar-refractivity contribution in [1.29, 1.82) is 0 Å². The third-order valence-corrected chi connectivity index (χ3v) is 3.72. The summed E-state index contributed by atoms with van der Waals surface area (Å²) < 4.78 is 1.84. The third-order valence-electron chi connectivity index (χ3n) is 2.93. The number of alkyl halides is 1. The van der Waals surface area contributed by atoms with E-state index in [1.807, 2.05) is 11.7 Å². The van der Waals surface area contributed by atoms with Crippen molar-refractivity contribution in [2.45, 2.75) is 19.3 Å². The van der Waals surface area contributed by atoms with Gasteiger partial charge in [-0.3, -0.25) is 4.68 Å². The van der Waals surface area contributed by atoms with Crippen molar-refractivity contribution in [2.75, 3.05) is 5.33 Å². The minimum absolute atomic E-state index is 0.442. The molecule has 2 aromatic rings. The van der Waals surface area contributed by atoms with E-state index in [0.29, 0.717) is 5.92 Å². The zero-order valence-corrected chi connectivity index (χ0v) is 11.7. The Labute approximate surface area is 110 Å². The molecule has 0 aliphatic carbocycles. The first-order valence-electron chi connectivity index (χ1n) is 5.66. The highest BCUT2D eigenvalue weighted by molar-refractivity contribution is 9.09. The molecule has 0 saturated heterocycles. The molecule has 4 heteroatoms. The van der Waals surface area contributed by atoms with Crippen LogP contribution < -0.4 is 0 Å². The molecule has 0 saturated carbocycles. The highest BCUT2D eigenvalue weighted by atomic mass is 79.9. The molecule has 0 spiro atoms. The normalized spacial score (nSPS) is 12.6. The largest absolute Gasteiger partial charge is 0.253 e. The van der Waals surface area contributed by atoms with Crippen LogP contribution in [0.25, 0.3) is 0 Å². The lowest BCUT2D eigenvalue weighted by atomic mass is 9.96. The van der Waals surface area contributed by atoms with Gasteiger partial charge in [0.05, 0.1) is 0 Å². The Kier molecular flexibility index (Phi) is 3.94. The smallest absolute Gasteiger partial charge is 0.138 e. The van der Waals surface area contributed by atoms with Gasteiger partial charge in [0, 0.05) is 24.7 Å². The number of aromatic nitrogens is 3. The molecular weight excluding hydrogens is 278 g/mol. The Morgan fingerprint density at radius 1 is 1.41 bits per heavy atom. The molecule has 1 aromatic heterocycles. The monoisotopic (exact) mass is 293 g/mol. The van der Waals surface area contributed by atoms with E-state index in [4.69, 9.17) is 0 Å². The molecule has 2 rings (SSSR count). The molecule has 3 nitrogen and oxygen atoms in total. The second-order valence-electron chi connectivity index (χ2n) is 4.27. The maximum Gasteiger partial charge on any atom is 0.138 e. The fourth-order valence-electron chi connectivity index (χ4n) is 1.91. The fourth-order valence-corrected chi connectivity index (χ4v) is 2.51. The van der Waals surface area contributed by atoms with Crippen LogP contribution in [0.4, 0.5) is 0 Å². The quantitative estimate of drug-likeness (QED) is 0.812. The van der Waals surface area contributed by atoms with Crippen molar-refractivity contribution in [1.82, 2.24) is 14.8 Å². The van der Waals surface area contributed by atoms with Crippen LogP contribution in [-0.2, 0) is 13.5 Å². The van der Waals surface area contributed by atoms with E-state index >= 15 is 0 Å². The van der Waals surface area contributed by atoms with E-state index in [9.17, 15) is 0 Å². The second kappa shape index (κ2) is 5.45. The molecule has 0 amide bonds. The summed E-state index contributed by atoms with van der Waals surface area (Å²) in [6.45, 7) is 2.12. The van der Waals surface area contributed by atoms with Crippen LogP contribution in [0.15, 0.2) is 30.6 Å². The first kappa shape index (κ1) is 12.3. The standard InChI is InChI=1S/C13H16BrN3/c1-10-4-3-5-11(6-10)12(8-14)7-13-15-9-16-17(13)2/h3-6,9,12H,7-8H2,1-2H3. The number of nitrogens with zero attached hydrogens (tertiary/aromatic N) is 3. The Morgan fingerprint density at radius 2 is 2.24 bits per heavy atom. The molecular formula is C13H16BrN3. The van der Waals surface area contributed by atoms with E-state index in [2.05, 4.69) is 57.2 Å². The Hall–Kier alpha value is -1.16. The van der Waals surface area contributed by atoms with Gasteiger partial charge in [-0.1, -0.05) is 45.8 Å². The zero-order valence-electron chi connectivity index (χ0n) is 10.1. The molecule has 1 atom stereocenters. The average Bonchev–Trinajstić information content (AvgIpc) is 2.71. The van der Waals surface area contributed by atoms with Gasteiger partial charge in [0.15, 0.2) is 0 Å². The Morgan fingerprint density at radius 3 is 2.82 bits per heavy atom. The van der Waals surface area contributed by atoms with Gasteiger partial charge in [-0.15, -0.1) is 0 Å². The molecule has 1 aromatic carbocycles. The molecule has 0 aliphatic heterocycles. The SMILES string of the molecule is Cc1cccc(C(CBr)Cc2ncnn2C)c1. The number of rotatable bonds is 4. The number of aryl methyl sites for hydroxylation is 2. The lowest BCUT2D eigenvalue weighted by Gasteiger charge is -2.14. The third kappa shape index (κ3) is 2.94. The summed E-state index contributed by atoms with van der Waals surface area (Å²) >= 11 is 3.59.